The van der Waals surface area contributed by atoms with Crippen LogP contribution in [0.25, 0.3) is 11.0 Å². The van der Waals surface area contributed by atoms with E-state index in [2.05, 4.69) is 25.4 Å². The summed E-state index contributed by atoms with van der Waals surface area (Å²) in [5, 5.41) is 7.84. The number of nitrogens with one attached hydrogen (secondary N) is 1. The Morgan fingerprint density at radius 1 is 1.11 bits per heavy atom. The zero-order chi connectivity index (χ0) is 26.4. The number of piperidine rings is 1. The van der Waals surface area contributed by atoms with Crippen molar-refractivity contribution in [3.63, 3.8) is 0 Å². The van der Waals surface area contributed by atoms with Crippen LogP contribution in [0.4, 0.5) is 5.95 Å². The molecule has 1 N–H and O–H groups in total. The molecule has 0 amide bonds. The fourth-order valence-electron chi connectivity index (χ4n) is 4.34. The van der Waals surface area contributed by atoms with E-state index in [1.807, 2.05) is 0 Å². The summed E-state index contributed by atoms with van der Waals surface area (Å²) in [5.41, 5.74) is -0.149. The predicted octanol–water partition coefficient (Wildman–Crippen LogP) is 1.02. The Labute approximate surface area is 219 Å². The molecule has 0 aromatic carbocycles. The SMILES string of the molecule is CS(=O)(=O)N1CCC(Nc2ncc3cc(Cl)c(=O)n(CCCS(=O)(=O)n4cnc(C5CC5)n4)c3n2)CC1. The van der Waals surface area contributed by atoms with Crippen LogP contribution in [0.15, 0.2) is 23.4 Å². The van der Waals surface area contributed by atoms with E-state index in [0.717, 1.165) is 16.9 Å². The summed E-state index contributed by atoms with van der Waals surface area (Å²) < 4.78 is 52.6. The Kier molecular flexibility index (Phi) is 6.98. The lowest BCUT2D eigenvalue weighted by molar-refractivity contribution is 0.331. The normalized spacial score (nSPS) is 17.9. The van der Waals surface area contributed by atoms with Crippen LogP contribution >= 0.6 is 11.6 Å². The van der Waals surface area contributed by atoms with Crippen molar-refractivity contribution in [3.05, 3.63) is 39.8 Å². The molecule has 0 atom stereocenters. The molecule has 200 valence electrons. The molecule has 0 bridgehead atoms. The number of aryl methyl sites for hydroxylation is 1. The van der Waals surface area contributed by atoms with Gasteiger partial charge in [-0.3, -0.25) is 9.36 Å². The molecular formula is C21H27ClN8O5S2. The summed E-state index contributed by atoms with van der Waals surface area (Å²) in [6, 6.07) is 1.45. The van der Waals surface area contributed by atoms with Gasteiger partial charge in [0.25, 0.3) is 15.6 Å². The lowest BCUT2D eigenvalue weighted by Crippen LogP contribution is -2.42. The maximum absolute atomic E-state index is 12.8. The molecule has 1 aliphatic carbocycles. The van der Waals surface area contributed by atoms with Crippen molar-refractivity contribution >= 4 is 48.6 Å². The average Bonchev–Trinajstić information content (AvgIpc) is 3.57. The molecule has 0 radical (unpaired) electrons. The van der Waals surface area contributed by atoms with Gasteiger partial charge in [-0.2, -0.15) is 4.98 Å². The lowest BCUT2D eigenvalue weighted by Gasteiger charge is -2.30. The molecule has 2 fully saturated rings. The number of halogens is 1. The van der Waals surface area contributed by atoms with Gasteiger partial charge in [-0.05, 0) is 38.2 Å². The highest BCUT2D eigenvalue weighted by Crippen LogP contribution is 2.37. The third kappa shape index (κ3) is 5.78. The van der Waals surface area contributed by atoms with Crippen LogP contribution in [0, 0.1) is 0 Å². The average molecular weight is 571 g/mol. The quantitative estimate of drug-likeness (QED) is 0.393. The van der Waals surface area contributed by atoms with Crippen LogP contribution in [0.5, 0.6) is 0 Å². The monoisotopic (exact) mass is 570 g/mol. The molecule has 37 heavy (non-hydrogen) atoms. The number of aromatic nitrogens is 6. The first kappa shape index (κ1) is 26.0. The molecule has 16 heteroatoms. The zero-order valence-corrected chi connectivity index (χ0v) is 22.5. The number of anilines is 1. The molecular weight excluding hydrogens is 544 g/mol. The van der Waals surface area contributed by atoms with Crippen LogP contribution in [0.2, 0.25) is 5.02 Å². The molecule has 3 aromatic rings. The third-order valence-electron chi connectivity index (χ3n) is 6.54. The van der Waals surface area contributed by atoms with Gasteiger partial charge in [0, 0.05) is 43.2 Å². The number of rotatable bonds is 9. The van der Waals surface area contributed by atoms with E-state index in [0.29, 0.717) is 48.7 Å². The van der Waals surface area contributed by atoms with Gasteiger partial charge >= 0.3 is 0 Å². The van der Waals surface area contributed by atoms with Crippen molar-refractivity contribution in [2.75, 3.05) is 30.4 Å². The van der Waals surface area contributed by atoms with Crippen molar-refractivity contribution in [1.82, 2.24) is 33.0 Å². The molecule has 0 unspecified atom stereocenters. The Balaban J connectivity index is 1.30. The number of nitrogens with zero attached hydrogens (tertiary/aromatic N) is 7. The Morgan fingerprint density at radius 3 is 2.51 bits per heavy atom. The lowest BCUT2D eigenvalue weighted by atomic mass is 10.1. The van der Waals surface area contributed by atoms with E-state index in [1.54, 1.807) is 6.20 Å². The minimum atomic E-state index is -3.73. The molecule has 1 saturated heterocycles. The number of sulfonamides is 1. The fourth-order valence-corrected chi connectivity index (χ4v) is 6.51. The first-order valence-corrected chi connectivity index (χ1v) is 15.8. The summed E-state index contributed by atoms with van der Waals surface area (Å²) in [7, 11) is -6.96. The van der Waals surface area contributed by atoms with Gasteiger partial charge in [-0.15, -0.1) is 9.19 Å². The van der Waals surface area contributed by atoms with Gasteiger partial charge in [-0.1, -0.05) is 11.6 Å². The molecule has 13 nitrogen and oxygen atoms in total. The van der Waals surface area contributed by atoms with Gasteiger partial charge in [0.05, 0.1) is 12.0 Å². The number of pyridine rings is 1. The second-order valence-electron chi connectivity index (χ2n) is 9.42. The van der Waals surface area contributed by atoms with Gasteiger partial charge in [0.2, 0.25) is 16.0 Å². The van der Waals surface area contributed by atoms with E-state index in [1.165, 1.54) is 27.5 Å². The first-order valence-electron chi connectivity index (χ1n) is 11.9. The highest BCUT2D eigenvalue weighted by atomic mass is 35.5. The third-order valence-corrected chi connectivity index (χ3v) is 9.67. The molecule has 5 rings (SSSR count). The molecule has 0 spiro atoms. The summed E-state index contributed by atoms with van der Waals surface area (Å²) >= 11 is 6.14. The van der Waals surface area contributed by atoms with Crippen LogP contribution in [-0.4, -0.2) is 81.0 Å². The molecule has 3 aromatic heterocycles. The summed E-state index contributed by atoms with van der Waals surface area (Å²) in [4.78, 5) is 25.8. The zero-order valence-electron chi connectivity index (χ0n) is 20.1. The standard InChI is InChI=1S/C21H27ClN8O5S2/c1-36(32,33)28-8-5-16(6-9-28)25-21-23-12-15-11-17(22)20(31)29(19(15)26-21)7-2-10-37(34,35)30-13-24-18(27-30)14-3-4-14/h11-14,16H,2-10H2,1H3,(H,23,25,26). The van der Waals surface area contributed by atoms with Crippen molar-refractivity contribution in [2.45, 2.75) is 50.6 Å². The topological polar surface area (TPSA) is 162 Å². The Morgan fingerprint density at radius 2 is 1.84 bits per heavy atom. The summed E-state index contributed by atoms with van der Waals surface area (Å²) in [5.74, 6) is 0.835. The Bertz CT molecular complexity index is 1590. The predicted molar refractivity (Wildman–Crippen MR) is 138 cm³/mol. The van der Waals surface area contributed by atoms with E-state index in [4.69, 9.17) is 11.6 Å². The van der Waals surface area contributed by atoms with E-state index in [9.17, 15) is 21.6 Å². The van der Waals surface area contributed by atoms with Gasteiger partial charge in [0.1, 0.15) is 17.0 Å². The van der Waals surface area contributed by atoms with Crippen LogP contribution < -0.4 is 10.9 Å². The maximum Gasteiger partial charge on any atom is 0.270 e. The molecule has 2 aliphatic rings. The molecule has 1 aliphatic heterocycles. The van der Waals surface area contributed by atoms with Crippen molar-refractivity contribution in [3.8, 4) is 0 Å². The second kappa shape index (κ2) is 9.93. The number of fused-ring (bicyclic) bond motifs is 1. The minimum absolute atomic E-state index is 0.0156. The van der Waals surface area contributed by atoms with E-state index < -0.39 is 25.6 Å². The van der Waals surface area contributed by atoms with Crippen LogP contribution in [-0.2, 0) is 26.6 Å². The molecule has 4 heterocycles. The van der Waals surface area contributed by atoms with Crippen molar-refractivity contribution < 1.29 is 16.8 Å². The first-order chi connectivity index (χ1) is 17.5. The largest absolute Gasteiger partial charge is 0.351 e. The van der Waals surface area contributed by atoms with Crippen LogP contribution in [0.3, 0.4) is 0 Å². The van der Waals surface area contributed by atoms with Gasteiger partial charge in [0.15, 0.2) is 5.82 Å². The van der Waals surface area contributed by atoms with Gasteiger partial charge < -0.3 is 5.32 Å². The Hall–Kier alpha value is -2.62. The summed E-state index contributed by atoms with van der Waals surface area (Å²) in [6.07, 6.45) is 7.20. The molecule has 1 saturated carbocycles. The highest BCUT2D eigenvalue weighted by molar-refractivity contribution is 7.89. The van der Waals surface area contributed by atoms with Crippen molar-refractivity contribution in [1.29, 1.82) is 0 Å². The highest BCUT2D eigenvalue weighted by Gasteiger charge is 2.29. The smallest absolute Gasteiger partial charge is 0.270 e. The number of hydrogen-bond acceptors (Lipinski definition) is 10. The van der Waals surface area contributed by atoms with Crippen LogP contribution in [0.1, 0.15) is 43.8 Å². The minimum Gasteiger partial charge on any atom is -0.351 e. The second-order valence-corrected chi connectivity index (χ2v) is 13.8. The van der Waals surface area contributed by atoms with E-state index >= 15 is 0 Å². The fraction of sp³-hybridized carbons (Fsp3) is 0.571. The van der Waals surface area contributed by atoms with Crippen molar-refractivity contribution in [2.24, 2.45) is 0 Å². The maximum atomic E-state index is 12.8. The number of hydrogen-bond donors (Lipinski definition) is 1. The van der Waals surface area contributed by atoms with Gasteiger partial charge in [-0.25, -0.2) is 31.1 Å². The summed E-state index contributed by atoms with van der Waals surface area (Å²) in [6.45, 7) is 0.863. The van der Waals surface area contributed by atoms with E-state index in [-0.39, 0.29) is 35.7 Å².